The Morgan fingerprint density at radius 3 is 2.53 bits per heavy atom. The highest BCUT2D eigenvalue weighted by Crippen LogP contribution is 2.18. The molecule has 0 spiro atoms. The van der Waals surface area contributed by atoms with E-state index in [1.54, 1.807) is 12.1 Å². The van der Waals surface area contributed by atoms with Crippen molar-refractivity contribution in [1.82, 2.24) is 9.97 Å². The minimum absolute atomic E-state index is 0.219. The van der Waals surface area contributed by atoms with E-state index in [2.05, 4.69) is 9.97 Å². The van der Waals surface area contributed by atoms with Gasteiger partial charge in [-0.3, -0.25) is 4.79 Å². The molecule has 17 heavy (non-hydrogen) atoms. The molecule has 1 aromatic carbocycles. The molecule has 0 saturated carbocycles. The molecule has 0 unspecified atom stereocenters. The van der Waals surface area contributed by atoms with Crippen LogP contribution >= 0.6 is 0 Å². The molecule has 1 N–H and O–H groups in total. The molecule has 0 atom stereocenters. The van der Waals surface area contributed by atoms with Gasteiger partial charge in [-0.1, -0.05) is 12.1 Å². The highest BCUT2D eigenvalue weighted by molar-refractivity contribution is 5.69. The molecule has 5 heteroatoms. The molecule has 0 aliphatic rings. The van der Waals surface area contributed by atoms with Gasteiger partial charge in [0, 0.05) is 18.0 Å². The maximum atomic E-state index is 13.0. The van der Waals surface area contributed by atoms with Crippen LogP contribution in [0.4, 0.5) is 4.39 Å². The Balaban J connectivity index is 2.26. The van der Waals surface area contributed by atoms with Crippen LogP contribution in [0.5, 0.6) is 0 Å². The first-order valence-electron chi connectivity index (χ1n) is 4.94. The molecular weight excluding hydrogens is 223 g/mol. The van der Waals surface area contributed by atoms with Crippen LogP contribution in [0.3, 0.4) is 0 Å². The van der Waals surface area contributed by atoms with Crippen molar-refractivity contribution in [3.8, 4) is 11.1 Å². The summed E-state index contributed by atoms with van der Waals surface area (Å²) in [5.41, 5.74) is 1.31. The molecule has 0 saturated heterocycles. The average molecular weight is 232 g/mol. The Labute approximate surface area is 96.8 Å². The summed E-state index contributed by atoms with van der Waals surface area (Å²) < 4.78 is 13.0. The molecule has 1 aromatic heterocycles. The van der Waals surface area contributed by atoms with Crippen molar-refractivity contribution in [2.24, 2.45) is 0 Å². The van der Waals surface area contributed by atoms with Gasteiger partial charge in [-0.25, -0.2) is 14.4 Å². The minimum atomic E-state index is -0.983. The van der Waals surface area contributed by atoms with Crippen LogP contribution in [0.2, 0.25) is 0 Å². The zero-order valence-corrected chi connectivity index (χ0v) is 8.80. The normalized spacial score (nSPS) is 10.2. The van der Waals surface area contributed by atoms with E-state index in [1.807, 2.05) is 0 Å². The lowest BCUT2D eigenvalue weighted by molar-refractivity contribution is -0.136. The van der Waals surface area contributed by atoms with Gasteiger partial charge in [-0.05, 0) is 17.7 Å². The van der Waals surface area contributed by atoms with Gasteiger partial charge in [0.05, 0.1) is 0 Å². The number of carbonyl (C=O) groups is 1. The second kappa shape index (κ2) is 4.69. The molecule has 0 bridgehead atoms. The number of aromatic nitrogens is 2. The summed E-state index contributed by atoms with van der Waals surface area (Å²) >= 11 is 0. The minimum Gasteiger partial charge on any atom is -0.481 e. The van der Waals surface area contributed by atoms with Gasteiger partial charge in [0.25, 0.3) is 0 Å². The van der Waals surface area contributed by atoms with Crippen molar-refractivity contribution in [2.75, 3.05) is 0 Å². The van der Waals surface area contributed by atoms with Crippen molar-refractivity contribution in [3.05, 3.63) is 48.3 Å². The molecule has 1 heterocycles. The van der Waals surface area contributed by atoms with Crippen molar-refractivity contribution in [1.29, 1.82) is 0 Å². The molecule has 0 aliphatic carbocycles. The second-order valence-corrected chi connectivity index (χ2v) is 3.47. The molecule has 86 valence electrons. The van der Waals surface area contributed by atoms with Gasteiger partial charge in [0.15, 0.2) is 0 Å². The van der Waals surface area contributed by atoms with Crippen molar-refractivity contribution >= 4 is 5.97 Å². The lowest BCUT2D eigenvalue weighted by Gasteiger charge is -2.01. The van der Waals surface area contributed by atoms with Gasteiger partial charge in [-0.2, -0.15) is 0 Å². The van der Waals surface area contributed by atoms with Gasteiger partial charge in [0.2, 0.25) is 0 Å². The van der Waals surface area contributed by atoms with Crippen molar-refractivity contribution < 1.29 is 14.3 Å². The number of hydrogen-bond acceptors (Lipinski definition) is 3. The zero-order valence-electron chi connectivity index (χ0n) is 8.80. The lowest BCUT2D eigenvalue weighted by Crippen LogP contribution is -2.04. The number of carboxylic acid groups (broad SMARTS) is 1. The first-order valence-corrected chi connectivity index (χ1v) is 4.94. The Morgan fingerprint density at radius 1 is 1.24 bits per heavy atom. The lowest BCUT2D eigenvalue weighted by atomic mass is 10.1. The zero-order chi connectivity index (χ0) is 12.3. The fourth-order valence-electron chi connectivity index (χ4n) is 1.40. The third-order valence-corrected chi connectivity index (χ3v) is 2.17. The maximum absolute atomic E-state index is 13.0. The van der Waals surface area contributed by atoms with Crippen LogP contribution in [0.15, 0.2) is 36.7 Å². The van der Waals surface area contributed by atoms with E-state index in [0.29, 0.717) is 11.1 Å². The quantitative estimate of drug-likeness (QED) is 0.877. The number of nitrogens with zero attached hydrogens (tertiary/aromatic N) is 2. The Bertz CT molecular complexity index is 540. The van der Waals surface area contributed by atoms with Crippen LogP contribution < -0.4 is 0 Å². The number of carboxylic acids is 1. The molecule has 0 amide bonds. The standard InChI is InChI=1S/C12H9FN2O2/c13-10-3-1-2-8(4-10)9-6-14-11(15-7-9)5-12(16)17/h1-4,6-7H,5H2,(H,16,17). The third-order valence-electron chi connectivity index (χ3n) is 2.17. The highest BCUT2D eigenvalue weighted by atomic mass is 19.1. The molecule has 0 fully saturated rings. The third kappa shape index (κ3) is 2.84. The molecule has 4 nitrogen and oxygen atoms in total. The Kier molecular flexibility index (Phi) is 3.09. The molecular formula is C12H9FN2O2. The predicted molar refractivity (Wildman–Crippen MR) is 58.8 cm³/mol. The van der Waals surface area contributed by atoms with Crippen LogP contribution in [0.1, 0.15) is 5.82 Å². The van der Waals surface area contributed by atoms with E-state index in [0.717, 1.165) is 0 Å². The van der Waals surface area contributed by atoms with E-state index in [9.17, 15) is 9.18 Å². The van der Waals surface area contributed by atoms with E-state index < -0.39 is 5.97 Å². The van der Waals surface area contributed by atoms with E-state index >= 15 is 0 Å². The van der Waals surface area contributed by atoms with E-state index in [4.69, 9.17) is 5.11 Å². The Morgan fingerprint density at radius 2 is 1.94 bits per heavy atom. The van der Waals surface area contributed by atoms with E-state index in [1.165, 1.54) is 24.5 Å². The van der Waals surface area contributed by atoms with Crippen LogP contribution in [0, 0.1) is 5.82 Å². The van der Waals surface area contributed by atoms with Crippen LogP contribution in [-0.2, 0) is 11.2 Å². The summed E-state index contributed by atoms with van der Waals surface area (Å²) in [6, 6.07) is 6.05. The first kappa shape index (κ1) is 11.2. The number of hydrogen-bond donors (Lipinski definition) is 1. The fourth-order valence-corrected chi connectivity index (χ4v) is 1.40. The van der Waals surface area contributed by atoms with Crippen LogP contribution in [0.25, 0.3) is 11.1 Å². The molecule has 0 aliphatic heterocycles. The maximum Gasteiger partial charge on any atom is 0.311 e. The SMILES string of the molecule is O=C(O)Cc1ncc(-c2cccc(F)c2)cn1. The van der Waals surface area contributed by atoms with Crippen molar-refractivity contribution in [3.63, 3.8) is 0 Å². The number of rotatable bonds is 3. The second-order valence-electron chi connectivity index (χ2n) is 3.47. The number of aliphatic carboxylic acids is 1. The van der Waals surface area contributed by atoms with Crippen LogP contribution in [-0.4, -0.2) is 21.0 Å². The predicted octanol–water partition coefficient (Wildman–Crippen LogP) is 1.91. The van der Waals surface area contributed by atoms with Crippen molar-refractivity contribution in [2.45, 2.75) is 6.42 Å². The van der Waals surface area contributed by atoms with Gasteiger partial charge >= 0.3 is 5.97 Å². The molecule has 2 aromatic rings. The summed E-state index contributed by atoms with van der Waals surface area (Å²) in [5.74, 6) is -1.08. The average Bonchev–Trinajstić information content (AvgIpc) is 2.29. The first-order chi connectivity index (χ1) is 8.15. The summed E-state index contributed by atoms with van der Waals surface area (Å²) in [5, 5.41) is 8.56. The summed E-state index contributed by atoms with van der Waals surface area (Å²) in [6.07, 6.45) is 2.75. The van der Waals surface area contributed by atoms with E-state index in [-0.39, 0.29) is 18.1 Å². The monoisotopic (exact) mass is 232 g/mol. The Hall–Kier alpha value is -2.30. The topological polar surface area (TPSA) is 63.1 Å². The fraction of sp³-hybridized carbons (Fsp3) is 0.0833. The molecule has 2 rings (SSSR count). The summed E-state index contributed by atoms with van der Waals surface area (Å²) in [6.45, 7) is 0. The smallest absolute Gasteiger partial charge is 0.311 e. The summed E-state index contributed by atoms with van der Waals surface area (Å²) in [7, 11) is 0. The van der Waals surface area contributed by atoms with Gasteiger partial charge in [-0.15, -0.1) is 0 Å². The highest BCUT2D eigenvalue weighted by Gasteiger charge is 2.04. The number of halogens is 1. The molecule has 0 radical (unpaired) electrons. The van der Waals surface area contributed by atoms with Gasteiger partial charge in [0.1, 0.15) is 18.1 Å². The van der Waals surface area contributed by atoms with Gasteiger partial charge < -0.3 is 5.11 Å². The summed E-state index contributed by atoms with van der Waals surface area (Å²) in [4.78, 5) is 18.3. The largest absolute Gasteiger partial charge is 0.481 e. The number of benzene rings is 1.